The number of nitrogens with one attached hydrogen (secondary N) is 3. The predicted molar refractivity (Wildman–Crippen MR) is 118 cm³/mol. The molecule has 0 aliphatic carbocycles. The Morgan fingerprint density at radius 3 is 2.52 bits per heavy atom. The SMILES string of the molecule is O=C(Nc1ccccc1C1NC(=S)N1)c1ccc(OCCN2CCCCC2)cc1. The molecule has 2 aromatic carbocycles. The number of nitrogens with zero attached hydrogens (tertiary/aromatic N) is 1. The molecule has 3 N–H and O–H groups in total. The van der Waals surface area contributed by atoms with E-state index < -0.39 is 0 Å². The number of carbonyl (C=O) groups is 1. The van der Waals surface area contributed by atoms with E-state index in [9.17, 15) is 4.79 Å². The zero-order valence-corrected chi connectivity index (χ0v) is 17.1. The molecule has 2 aromatic rings. The molecule has 0 saturated carbocycles. The van der Waals surface area contributed by atoms with Crippen LogP contribution in [0.1, 0.15) is 41.3 Å². The Hall–Kier alpha value is -2.64. The third kappa shape index (κ3) is 5.05. The molecule has 0 aromatic heterocycles. The molecule has 0 spiro atoms. The number of thiocarbonyl (C=S) groups is 1. The van der Waals surface area contributed by atoms with Crippen molar-refractivity contribution in [1.82, 2.24) is 15.5 Å². The summed E-state index contributed by atoms with van der Waals surface area (Å²) in [6.45, 7) is 3.96. The lowest BCUT2D eigenvalue weighted by atomic mass is 10.1. The Labute approximate surface area is 176 Å². The van der Waals surface area contributed by atoms with Crippen molar-refractivity contribution in [2.24, 2.45) is 0 Å². The summed E-state index contributed by atoms with van der Waals surface area (Å²) in [4.78, 5) is 15.1. The van der Waals surface area contributed by atoms with Gasteiger partial charge in [0.25, 0.3) is 5.91 Å². The van der Waals surface area contributed by atoms with E-state index in [1.165, 1.54) is 32.4 Å². The fourth-order valence-corrected chi connectivity index (χ4v) is 3.89. The molecule has 152 valence electrons. The average Bonchev–Trinajstić information content (AvgIpc) is 2.73. The number of benzene rings is 2. The van der Waals surface area contributed by atoms with Crippen LogP contribution < -0.4 is 20.7 Å². The molecule has 2 saturated heterocycles. The molecule has 0 bridgehead atoms. The van der Waals surface area contributed by atoms with Gasteiger partial charge in [-0.15, -0.1) is 0 Å². The van der Waals surface area contributed by atoms with Crippen molar-refractivity contribution in [1.29, 1.82) is 0 Å². The molecule has 2 aliphatic heterocycles. The van der Waals surface area contributed by atoms with E-state index in [0.29, 0.717) is 17.3 Å². The fourth-order valence-electron chi connectivity index (χ4n) is 3.65. The number of piperidine rings is 1. The van der Waals surface area contributed by atoms with Crippen LogP contribution in [0.4, 0.5) is 5.69 Å². The first-order valence-corrected chi connectivity index (χ1v) is 10.5. The zero-order chi connectivity index (χ0) is 20.1. The average molecular weight is 411 g/mol. The number of likely N-dealkylation sites (tertiary alicyclic amines) is 1. The van der Waals surface area contributed by atoms with Crippen LogP contribution >= 0.6 is 12.2 Å². The molecular weight excluding hydrogens is 384 g/mol. The molecule has 6 nitrogen and oxygen atoms in total. The van der Waals surface area contributed by atoms with Gasteiger partial charge in [-0.05, 0) is 68.5 Å². The van der Waals surface area contributed by atoms with Crippen LogP contribution in [0.25, 0.3) is 0 Å². The number of rotatable bonds is 7. The van der Waals surface area contributed by atoms with E-state index in [1.54, 1.807) is 12.1 Å². The molecule has 1 amide bonds. The Balaban J connectivity index is 1.31. The summed E-state index contributed by atoms with van der Waals surface area (Å²) in [5.41, 5.74) is 2.30. The highest BCUT2D eigenvalue weighted by molar-refractivity contribution is 7.80. The van der Waals surface area contributed by atoms with Gasteiger partial charge in [0.15, 0.2) is 5.11 Å². The highest BCUT2D eigenvalue weighted by Crippen LogP contribution is 2.25. The molecule has 0 unspecified atom stereocenters. The summed E-state index contributed by atoms with van der Waals surface area (Å²) in [6, 6.07) is 15.0. The molecule has 0 atom stereocenters. The number of hydrogen-bond donors (Lipinski definition) is 3. The van der Waals surface area contributed by atoms with Gasteiger partial charge in [-0.1, -0.05) is 24.6 Å². The summed E-state index contributed by atoms with van der Waals surface area (Å²) >= 11 is 5.02. The molecule has 4 rings (SSSR count). The lowest BCUT2D eigenvalue weighted by Crippen LogP contribution is -2.56. The third-order valence-electron chi connectivity index (χ3n) is 5.31. The highest BCUT2D eigenvalue weighted by Gasteiger charge is 2.24. The van der Waals surface area contributed by atoms with Gasteiger partial charge in [0.2, 0.25) is 0 Å². The van der Waals surface area contributed by atoms with E-state index in [1.807, 2.05) is 36.4 Å². The second-order valence-corrected chi connectivity index (χ2v) is 7.78. The number of amides is 1. The Bertz CT molecular complexity index is 857. The Morgan fingerprint density at radius 2 is 1.79 bits per heavy atom. The molecular formula is C22H26N4O2S. The maximum Gasteiger partial charge on any atom is 0.255 e. The van der Waals surface area contributed by atoms with Gasteiger partial charge in [-0.25, -0.2) is 0 Å². The van der Waals surface area contributed by atoms with Crippen molar-refractivity contribution in [2.45, 2.75) is 25.4 Å². The second-order valence-electron chi connectivity index (χ2n) is 7.37. The lowest BCUT2D eigenvalue weighted by molar-refractivity contribution is 0.102. The lowest BCUT2D eigenvalue weighted by Gasteiger charge is -2.33. The summed E-state index contributed by atoms with van der Waals surface area (Å²) in [7, 11) is 0. The first-order chi connectivity index (χ1) is 14.2. The van der Waals surface area contributed by atoms with Crippen LogP contribution in [-0.4, -0.2) is 42.2 Å². The van der Waals surface area contributed by atoms with Gasteiger partial charge in [0.05, 0.1) is 0 Å². The number of para-hydroxylation sites is 1. The quantitative estimate of drug-likeness (QED) is 0.609. The van der Waals surface area contributed by atoms with Gasteiger partial charge >= 0.3 is 0 Å². The van der Waals surface area contributed by atoms with Crippen molar-refractivity contribution in [3.63, 3.8) is 0 Å². The largest absolute Gasteiger partial charge is 0.492 e. The molecule has 7 heteroatoms. The highest BCUT2D eigenvalue weighted by atomic mass is 32.1. The molecule has 2 aliphatic rings. The van der Waals surface area contributed by atoms with Gasteiger partial charge in [-0.3, -0.25) is 9.69 Å². The van der Waals surface area contributed by atoms with Crippen LogP contribution in [0.5, 0.6) is 5.75 Å². The van der Waals surface area contributed by atoms with Crippen LogP contribution in [0.15, 0.2) is 48.5 Å². The molecule has 29 heavy (non-hydrogen) atoms. The summed E-state index contributed by atoms with van der Waals surface area (Å²) in [5, 5.41) is 9.83. The van der Waals surface area contributed by atoms with E-state index >= 15 is 0 Å². The fraction of sp³-hybridized carbons (Fsp3) is 0.364. The second kappa shape index (κ2) is 9.24. The van der Waals surface area contributed by atoms with Gasteiger partial charge in [-0.2, -0.15) is 0 Å². The molecule has 0 radical (unpaired) electrons. The maximum atomic E-state index is 12.7. The van der Waals surface area contributed by atoms with Crippen molar-refractivity contribution < 1.29 is 9.53 Å². The predicted octanol–water partition coefficient (Wildman–Crippen LogP) is 3.28. The minimum atomic E-state index is -0.154. The number of hydrogen-bond acceptors (Lipinski definition) is 4. The van der Waals surface area contributed by atoms with Crippen molar-refractivity contribution in [2.75, 3.05) is 31.6 Å². The van der Waals surface area contributed by atoms with E-state index in [0.717, 1.165) is 23.5 Å². The van der Waals surface area contributed by atoms with E-state index in [4.69, 9.17) is 17.0 Å². The van der Waals surface area contributed by atoms with Crippen molar-refractivity contribution >= 4 is 28.9 Å². The maximum absolute atomic E-state index is 12.7. The number of anilines is 1. The Morgan fingerprint density at radius 1 is 1.07 bits per heavy atom. The monoisotopic (exact) mass is 410 g/mol. The summed E-state index contributed by atoms with van der Waals surface area (Å²) in [6.07, 6.45) is 3.83. The van der Waals surface area contributed by atoms with Crippen molar-refractivity contribution in [3.8, 4) is 5.75 Å². The summed E-state index contributed by atoms with van der Waals surface area (Å²) in [5.74, 6) is 0.634. The Kier molecular flexibility index (Phi) is 6.27. The molecule has 2 fully saturated rings. The molecule has 2 heterocycles. The van der Waals surface area contributed by atoms with Crippen LogP contribution in [0.2, 0.25) is 0 Å². The summed E-state index contributed by atoms with van der Waals surface area (Å²) < 4.78 is 5.84. The van der Waals surface area contributed by atoms with Crippen LogP contribution in [0.3, 0.4) is 0 Å². The minimum absolute atomic E-state index is 0.0744. The van der Waals surface area contributed by atoms with E-state index in [-0.39, 0.29) is 12.1 Å². The minimum Gasteiger partial charge on any atom is -0.492 e. The smallest absolute Gasteiger partial charge is 0.255 e. The zero-order valence-electron chi connectivity index (χ0n) is 16.3. The first-order valence-electron chi connectivity index (χ1n) is 10.1. The first kappa shape index (κ1) is 19.7. The number of ether oxygens (including phenoxy) is 1. The van der Waals surface area contributed by atoms with Crippen molar-refractivity contribution in [3.05, 3.63) is 59.7 Å². The van der Waals surface area contributed by atoms with E-state index in [2.05, 4.69) is 20.9 Å². The normalized spacial score (nSPS) is 17.0. The van der Waals surface area contributed by atoms with Gasteiger partial charge < -0.3 is 20.7 Å². The van der Waals surface area contributed by atoms with Gasteiger partial charge in [0, 0.05) is 23.4 Å². The topological polar surface area (TPSA) is 65.6 Å². The van der Waals surface area contributed by atoms with Crippen LogP contribution in [-0.2, 0) is 0 Å². The standard InChI is InChI=1S/C22H26N4O2S/c27-21(23-19-7-3-2-6-18(19)20-24-22(29)25-20)16-8-10-17(11-9-16)28-15-14-26-12-4-1-5-13-26/h2-3,6-11,20H,1,4-5,12-15H2,(H,23,27)(H2,24,25,29). The third-order valence-corrected chi connectivity index (χ3v) is 5.55. The van der Waals surface area contributed by atoms with Crippen LogP contribution in [0, 0.1) is 0 Å². The van der Waals surface area contributed by atoms with Gasteiger partial charge in [0.1, 0.15) is 18.5 Å². The number of carbonyl (C=O) groups excluding carboxylic acids is 1.